The molecule has 2 heterocycles. The third kappa shape index (κ3) is 6.52. The van der Waals surface area contributed by atoms with Crippen molar-refractivity contribution in [3.8, 4) is 0 Å². The molecule has 2 aliphatic heterocycles. The maximum absolute atomic E-state index is 12.8. The second-order valence-corrected chi connectivity index (χ2v) is 10.2. The number of nitrogens with zero attached hydrogens (tertiary/aromatic N) is 2. The highest BCUT2D eigenvalue weighted by molar-refractivity contribution is 7.89. The van der Waals surface area contributed by atoms with E-state index < -0.39 is 10.0 Å². The van der Waals surface area contributed by atoms with Crippen LogP contribution in [0, 0.1) is 5.92 Å². The largest absolute Gasteiger partial charge is 0.356 e. The summed E-state index contributed by atoms with van der Waals surface area (Å²) in [4.78, 5) is 15.4. The van der Waals surface area contributed by atoms with Crippen LogP contribution in [0.15, 0.2) is 35.2 Å². The van der Waals surface area contributed by atoms with Gasteiger partial charge >= 0.3 is 0 Å². The summed E-state index contributed by atoms with van der Waals surface area (Å²) in [5, 5.41) is 3.03. The number of hydrogen-bond donors (Lipinski definition) is 1. The normalized spacial score (nSPS) is 21.7. The van der Waals surface area contributed by atoms with Crippen molar-refractivity contribution in [3.63, 3.8) is 0 Å². The van der Waals surface area contributed by atoms with Crippen molar-refractivity contribution < 1.29 is 13.2 Å². The quantitative estimate of drug-likeness (QED) is 0.623. The molecule has 1 amide bonds. The van der Waals surface area contributed by atoms with Gasteiger partial charge in [-0.15, -0.1) is 0 Å². The zero-order valence-electron chi connectivity index (χ0n) is 17.4. The highest BCUT2D eigenvalue weighted by Crippen LogP contribution is 2.23. The molecule has 29 heavy (non-hydrogen) atoms. The van der Waals surface area contributed by atoms with Crippen molar-refractivity contribution in [2.75, 3.05) is 39.3 Å². The predicted octanol–water partition coefficient (Wildman–Crippen LogP) is 2.86. The third-order valence-electron chi connectivity index (χ3n) is 6.03. The van der Waals surface area contributed by atoms with Crippen LogP contribution in [0.4, 0.5) is 0 Å². The first-order valence-electron chi connectivity index (χ1n) is 11.1. The number of unbranched alkanes of at least 4 members (excludes halogenated alkanes) is 2. The fraction of sp³-hybridized carbons (Fsp3) is 0.682. The summed E-state index contributed by atoms with van der Waals surface area (Å²) in [5.74, 6) is -0.260. The van der Waals surface area contributed by atoms with Crippen LogP contribution in [-0.2, 0) is 14.8 Å². The number of amides is 1. The van der Waals surface area contributed by atoms with E-state index in [0.29, 0.717) is 18.0 Å². The number of nitrogens with one attached hydrogen (secondary N) is 1. The van der Waals surface area contributed by atoms with E-state index >= 15 is 0 Å². The van der Waals surface area contributed by atoms with Crippen LogP contribution >= 0.6 is 0 Å². The standard InChI is InChI=1S/C22H35N3O3S/c26-22(23-14-6-2-7-15-24-16-8-3-9-17-24)20-11-10-18-25(19-20)29(27,28)21-12-4-1-5-13-21/h1,4-5,12-13,20H,2-3,6-11,14-19H2,(H,23,26). The molecule has 2 aliphatic rings. The van der Waals surface area contributed by atoms with Gasteiger partial charge in [-0.2, -0.15) is 4.31 Å². The van der Waals surface area contributed by atoms with Gasteiger partial charge in [-0.1, -0.05) is 31.0 Å². The Hall–Kier alpha value is -1.44. The fourth-order valence-corrected chi connectivity index (χ4v) is 5.84. The van der Waals surface area contributed by atoms with E-state index in [-0.39, 0.29) is 18.4 Å². The highest BCUT2D eigenvalue weighted by Gasteiger charge is 2.33. The van der Waals surface area contributed by atoms with Gasteiger partial charge in [0, 0.05) is 19.6 Å². The molecule has 0 aliphatic carbocycles. The van der Waals surface area contributed by atoms with Crippen molar-refractivity contribution in [2.24, 2.45) is 5.92 Å². The lowest BCUT2D eigenvalue weighted by Crippen LogP contribution is -2.45. The summed E-state index contributed by atoms with van der Waals surface area (Å²) < 4.78 is 27.1. The van der Waals surface area contributed by atoms with E-state index in [9.17, 15) is 13.2 Å². The van der Waals surface area contributed by atoms with Gasteiger partial charge in [-0.3, -0.25) is 4.79 Å². The molecule has 6 nitrogen and oxygen atoms in total. The molecule has 0 spiro atoms. The Morgan fingerprint density at radius 3 is 2.48 bits per heavy atom. The van der Waals surface area contributed by atoms with Crippen molar-refractivity contribution in [1.29, 1.82) is 0 Å². The van der Waals surface area contributed by atoms with Crippen molar-refractivity contribution >= 4 is 15.9 Å². The molecule has 0 radical (unpaired) electrons. The molecule has 1 aromatic rings. The molecule has 1 N–H and O–H groups in total. The minimum atomic E-state index is -3.52. The Bertz CT molecular complexity index is 733. The van der Waals surface area contributed by atoms with Gasteiger partial charge in [0.2, 0.25) is 15.9 Å². The number of carbonyl (C=O) groups is 1. The molecular weight excluding hydrogens is 386 g/mol. The minimum Gasteiger partial charge on any atom is -0.356 e. The van der Waals surface area contributed by atoms with Gasteiger partial charge < -0.3 is 10.2 Å². The summed E-state index contributed by atoms with van der Waals surface area (Å²) in [7, 11) is -3.52. The molecular formula is C22H35N3O3S. The smallest absolute Gasteiger partial charge is 0.243 e. The van der Waals surface area contributed by atoms with Crippen LogP contribution in [0.3, 0.4) is 0 Å². The second kappa shape index (κ2) is 11.1. The Balaban J connectivity index is 1.37. The molecule has 2 fully saturated rings. The molecule has 0 aromatic heterocycles. The van der Waals surface area contributed by atoms with E-state index in [0.717, 1.165) is 25.7 Å². The number of sulfonamides is 1. The van der Waals surface area contributed by atoms with Crippen LogP contribution in [0.2, 0.25) is 0 Å². The van der Waals surface area contributed by atoms with Crippen molar-refractivity contribution in [1.82, 2.24) is 14.5 Å². The summed E-state index contributed by atoms with van der Waals surface area (Å²) in [6.45, 7) is 5.08. The molecule has 1 aromatic carbocycles. The summed E-state index contributed by atoms with van der Waals surface area (Å²) in [6, 6.07) is 8.49. The highest BCUT2D eigenvalue weighted by atomic mass is 32.2. The summed E-state index contributed by atoms with van der Waals surface area (Å²) >= 11 is 0. The van der Waals surface area contributed by atoms with Crippen LogP contribution in [0.25, 0.3) is 0 Å². The molecule has 1 unspecified atom stereocenters. The lowest BCUT2D eigenvalue weighted by Gasteiger charge is -2.31. The average molecular weight is 422 g/mol. The van der Waals surface area contributed by atoms with E-state index in [2.05, 4.69) is 10.2 Å². The molecule has 1 atom stereocenters. The first-order chi connectivity index (χ1) is 14.1. The number of piperidine rings is 2. The van der Waals surface area contributed by atoms with Gasteiger partial charge in [0.15, 0.2) is 0 Å². The average Bonchev–Trinajstić information content (AvgIpc) is 2.77. The van der Waals surface area contributed by atoms with Gasteiger partial charge in [-0.25, -0.2) is 8.42 Å². The lowest BCUT2D eigenvalue weighted by atomic mass is 9.99. The Morgan fingerprint density at radius 1 is 0.966 bits per heavy atom. The number of benzene rings is 1. The van der Waals surface area contributed by atoms with E-state index in [4.69, 9.17) is 0 Å². The van der Waals surface area contributed by atoms with E-state index in [1.54, 1.807) is 30.3 Å². The van der Waals surface area contributed by atoms with Crippen LogP contribution in [-0.4, -0.2) is 62.8 Å². The molecule has 7 heteroatoms. The zero-order chi connectivity index (χ0) is 20.5. The minimum absolute atomic E-state index is 0.00556. The van der Waals surface area contributed by atoms with E-state index in [1.165, 1.54) is 49.6 Å². The van der Waals surface area contributed by atoms with Gasteiger partial charge in [0.25, 0.3) is 0 Å². The van der Waals surface area contributed by atoms with Crippen LogP contribution in [0.1, 0.15) is 51.4 Å². The topological polar surface area (TPSA) is 69.7 Å². The first kappa shape index (κ1) is 22.2. The van der Waals surface area contributed by atoms with Gasteiger partial charge in [-0.05, 0) is 70.3 Å². The lowest BCUT2D eigenvalue weighted by molar-refractivity contribution is -0.126. The second-order valence-electron chi connectivity index (χ2n) is 8.27. The molecule has 2 saturated heterocycles. The fourth-order valence-electron chi connectivity index (χ4n) is 4.29. The maximum Gasteiger partial charge on any atom is 0.243 e. The van der Waals surface area contributed by atoms with Crippen LogP contribution < -0.4 is 5.32 Å². The molecule has 162 valence electrons. The summed E-state index contributed by atoms with van der Waals surface area (Å²) in [5.41, 5.74) is 0. The monoisotopic (exact) mass is 421 g/mol. The molecule has 0 bridgehead atoms. The Kier molecular flexibility index (Phi) is 8.51. The number of hydrogen-bond acceptors (Lipinski definition) is 4. The maximum atomic E-state index is 12.8. The molecule has 3 rings (SSSR count). The molecule has 0 saturated carbocycles. The number of rotatable bonds is 9. The zero-order valence-corrected chi connectivity index (χ0v) is 18.2. The predicted molar refractivity (Wildman–Crippen MR) is 115 cm³/mol. The third-order valence-corrected chi connectivity index (χ3v) is 7.91. The number of likely N-dealkylation sites (tertiary alicyclic amines) is 1. The van der Waals surface area contributed by atoms with Crippen molar-refractivity contribution in [2.45, 2.75) is 56.3 Å². The van der Waals surface area contributed by atoms with E-state index in [1.807, 2.05) is 0 Å². The summed E-state index contributed by atoms with van der Waals surface area (Å²) in [6.07, 6.45) is 8.79. The SMILES string of the molecule is O=C(NCCCCCN1CCCCC1)C1CCCN(S(=O)(=O)c2ccccc2)C1. The van der Waals surface area contributed by atoms with Gasteiger partial charge in [0.1, 0.15) is 0 Å². The first-order valence-corrected chi connectivity index (χ1v) is 12.6. The number of carbonyl (C=O) groups excluding carboxylic acids is 1. The van der Waals surface area contributed by atoms with Crippen LogP contribution in [0.5, 0.6) is 0 Å². The van der Waals surface area contributed by atoms with Crippen molar-refractivity contribution in [3.05, 3.63) is 30.3 Å². The van der Waals surface area contributed by atoms with Gasteiger partial charge in [0.05, 0.1) is 10.8 Å². The Morgan fingerprint density at radius 2 is 1.72 bits per heavy atom. The Labute approximate surface area is 175 Å².